The van der Waals surface area contributed by atoms with Gasteiger partial charge in [-0.2, -0.15) is 0 Å². The van der Waals surface area contributed by atoms with Crippen LogP contribution in [0.4, 0.5) is 0 Å². The molecule has 1 nitrogen and oxygen atoms in total. The van der Waals surface area contributed by atoms with Gasteiger partial charge < -0.3 is 4.74 Å². The van der Waals surface area contributed by atoms with Crippen molar-refractivity contribution in [1.29, 1.82) is 0 Å². The average molecular weight is 523 g/mol. The topological polar surface area (TPSA) is 9.23 Å². The van der Waals surface area contributed by atoms with Gasteiger partial charge in [0.1, 0.15) is 11.5 Å². The van der Waals surface area contributed by atoms with E-state index in [2.05, 4.69) is 91.0 Å². The van der Waals surface area contributed by atoms with Crippen molar-refractivity contribution in [2.24, 2.45) is 0 Å². The molecule has 41 heavy (non-hydrogen) atoms. The molecule has 0 unspecified atom stereocenters. The van der Waals surface area contributed by atoms with Gasteiger partial charge in [0.2, 0.25) is 0 Å². The Balaban J connectivity index is 1.43. The monoisotopic (exact) mass is 522 g/mol. The van der Waals surface area contributed by atoms with E-state index < -0.39 is 0 Å². The minimum Gasteiger partial charge on any atom is -0.456 e. The maximum absolute atomic E-state index is 8.66. The minimum atomic E-state index is 0.467. The summed E-state index contributed by atoms with van der Waals surface area (Å²) in [5.41, 5.74) is 6.61. The zero-order valence-electron chi connectivity index (χ0n) is 24.1. The van der Waals surface area contributed by atoms with Crippen LogP contribution in [0.3, 0.4) is 0 Å². The van der Waals surface area contributed by atoms with Gasteiger partial charge in [0.15, 0.2) is 0 Å². The van der Waals surface area contributed by atoms with E-state index in [0.29, 0.717) is 12.1 Å². The fourth-order valence-electron chi connectivity index (χ4n) is 6.74. The van der Waals surface area contributed by atoms with Crippen LogP contribution < -0.4 is 4.74 Å². The van der Waals surface area contributed by atoms with E-state index in [4.69, 9.17) is 7.48 Å². The van der Waals surface area contributed by atoms with E-state index in [1.165, 1.54) is 10.8 Å². The van der Waals surface area contributed by atoms with Crippen molar-refractivity contribution in [3.05, 3.63) is 146 Å². The van der Waals surface area contributed by atoms with Gasteiger partial charge in [-0.1, -0.05) is 127 Å². The van der Waals surface area contributed by atoms with Crippen LogP contribution in [0.1, 0.15) is 2.74 Å². The molecule has 1 aliphatic heterocycles. The van der Waals surface area contributed by atoms with Crippen molar-refractivity contribution in [3.63, 3.8) is 0 Å². The van der Waals surface area contributed by atoms with E-state index >= 15 is 0 Å². The number of fused-ring (bicyclic) bond motifs is 5. The molecule has 1 aliphatic rings. The molecule has 0 N–H and O–H groups in total. The maximum atomic E-state index is 8.66. The Labute approximate surface area is 240 Å². The molecule has 0 aromatic heterocycles. The van der Waals surface area contributed by atoms with Gasteiger partial charge in [0.25, 0.3) is 0 Å². The Bertz CT molecular complexity index is 2460. The Morgan fingerprint density at radius 3 is 1.95 bits per heavy atom. The van der Waals surface area contributed by atoms with E-state index in [1.807, 2.05) is 42.5 Å². The molecule has 0 bridgehead atoms. The van der Waals surface area contributed by atoms with Crippen molar-refractivity contribution in [2.45, 2.75) is 0 Å². The Morgan fingerprint density at radius 1 is 0.415 bits per heavy atom. The first kappa shape index (κ1) is 20.5. The second-order valence-electron chi connectivity index (χ2n) is 10.7. The summed E-state index contributed by atoms with van der Waals surface area (Å²) in [4.78, 5) is 0. The SMILES string of the molecule is [2H]c1ccc2c(-c3ccc4c5c(cccc35)Oc3ccccc3-4)c3cc([2H])ccc3c(-c3ccc4ccccc4c3)c2c1. The van der Waals surface area contributed by atoms with E-state index in [0.717, 1.165) is 77.2 Å². The zero-order chi connectivity index (χ0) is 28.7. The second-order valence-corrected chi connectivity index (χ2v) is 10.7. The van der Waals surface area contributed by atoms with Crippen LogP contribution in [-0.2, 0) is 0 Å². The highest BCUT2D eigenvalue weighted by molar-refractivity contribution is 6.25. The number of hydrogen-bond acceptors (Lipinski definition) is 1. The van der Waals surface area contributed by atoms with Crippen molar-refractivity contribution >= 4 is 43.1 Å². The van der Waals surface area contributed by atoms with E-state index in [-0.39, 0.29) is 0 Å². The molecule has 0 fully saturated rings. The lowest BCUT2D eigenvalue weighted by atomic mass is 9.83. The molecule has 8 aromatic carbocycles. The first-order chi connectivity index (χ1) is 21.1. The minimum absolute atomic E-state index is 0.467. The fourth-order valence-corrected chi connectivity index (χ4v) is 6.74. The van der Waals surface area contributed by atoms with Crippen LogP contribution in [-0.4, -0.2) is 0 Å². The molecule has 0 saturated carbocycles. The Kier molecular flexibility index (Phi) is 4.27. The average Bonchev–Trinajstić information content (AvgIpc) is 3.04. The normalized spacial score (nSPS) is 12.8. The molecular weight excluding hydrogens is 496 g/mol. The third kappa shape index (κ3) is 3.24. The second kappa shape index (κ2) is 8.55. The summed E-state index contributed by atoms with van der Waals surface area (Å²) in [5.74, 6) is 1.72. The predicted molar refractivity (Wildman–Crippen MR) is 173 cm³/mol. The van der Waals surface area contributed by atoms with Gasteiger partial charge in [0.05, 0.1) is 2.74 Å². The summed E-state index contributed by atoms with van der Waals surface area (Å²) in [6.45, 7) is 0. The van der Waals surface area contributed by atoms with E-state index in [1.54, 1.807) is 0 Å². The highest BCUT2D eigenvalue weighted by Crippen LogP contribution is 2.51. The lowest BCUT2D eigenvalue weighted by molar-refractivity contribution is 0.487. The Morgan fingerprint density at radius 2 is 1.07 bits per heavy atom. The highest BCUT2D eigenvalue weighted by atomic mass is 16.5. The zero-order valence-corrected chi connectivity index (χ0v) is 22.1. The van der Waals surface area contributed by atoms with Crippen LogP contribution >= 0.6 is 0 Å². The number of rotatable bonds is 2. The summed E-state index contributed by atoms with van der Waals surface area (Å²) in [7, 11) is 0. The first-order valence-electron chi connectivity index (χ1n) is 14.9. The third-order valence-corrected chi connectivity index (χ3v) is 8.51. The first-order valence-corrected chi connectivity index (χ1v) is 13.9. The van der Waals surface area contributed by atoms with Crippen molar-refractivity contribution in [2.75, 3.05) is 0 Å². The van der Waals surface area contributed by atoms with Crippen molar-refractivity contribution in [3.8, 4) is 44.9 Å². The van der Waals surface area contributed by atoms with Gasteiger partial charge in [-0.3, -0.25) is 0 Å². The van der Waals surface area contributed by atoms with Crippen LogP contribution in [0.15, 0.2) is 146 Å². The Hall–Kier alpha value is -5.40. The molecule has 8 aromatic rings. The quantitative estimate of drug-likeness (QED) is 0.205. The largest absolute Gasteiger partial charge is 0.456 e. The predicted octanol–water partition coefficient (Wildman–Crippen LogP) is 11.4. The number of benzene rings is 8. The summed E-state index contributed by atoms with van der Waals surface area (Å²) in [6.07, 6.45) is 0. The molecule has 190 valence electrons. The number of para-hydroxylation sites is 1. The van der Waals surface area contributed by atoms with Crippen molar-refractivity contribution in [1.82, 2.24) is 0 Å². The van der Waals surface area contributed by atoms with Crippen LogP contribution in [0.5, 0.6) is 11.5 Å². The van der Waals surface area contributed by atoms with Gasteiger partial charge >= 0.3 is 0 Å². The lowest BCUT2D eigenvalue weighted by Gasteiger charge is -2.24. The molecule has 0 radical (unpaired) electrons. The summed E-state index contributed by atoms with van der Waals surface area (Å²) < 4.78 is 23.7. The molecule has 0 spiro atoms. The van der Waals surface area contributed by atoms with Gasteiger partial charge in [-0.15, -0.1) is 0 Å². The number of ether oxygens (including phenoxy) is 1. The molecule has 1 heteroatoms. The van der Waals surface area contributed by atoms with Gasteiger partial charge in [-0.05, 0) is 83.7 Å². The van der Waals surface area contributed by atoms with Crippen LogP contribution in [0.25, 0.3) is 76.5 Å². The van der Waals surface area contributed by atoms with E-state index in [9.17, 15) is 0 Å². The molecule has 1 heterocycles. The highest BCUT2D eigenvalue weighted by Gasteiger charge is 2.23. The maximum Gasteiger partial charge on any atom is 0.135 e. The fraction of sp³-hybridized carbons (Fsp3) is 0. The number of hydrogen-bond donors (Lipinski definition) is 0. The summed E-state index contributed by atoms with van der Waals surface area (Å²) in [5, 5.41) is 8.76. The molecule has 0 saturated heterocycles. The third-order valence-electron chi connectivity index (χ3n) is 8.51. The smallest absolute Gasteiger partial charge is 0.135 e. The van der Waals surface area contributed by atoms with Crippen LogP contribution in [0, 0.1) is 0 Å². The molecule has 9 rings (SSSR count). The van der Waals surface area contributed by atoms with Gasteiger partial charge in [-0.25, -0.2) is 0 Å². The van der Waals surface area contributed by atoms with Gasteiger partial charge in [0, 0.05) is 10.9 Å². The van der Waals surface area contributed by atoms with Crippen LogP contribution in [0.2, 0.25) is 0 Å². The summed E-state index contributed by atoms with van der Waals surface area (Å²) >= 11 is 0. The van der Waals surface area contributed by atoms with Crippen molar-refractivity contribution < 1.29 is 7.48 Å². The standard InChI is InChI=1S/C40H24O/c1-2-11-26-24-27(21-20-25(26)10-1)38-29-13-3-5-15-31(29)39(32-16-6-4-14-30(32)38)35-23-22-34-28-12-7-8-18-36(28)41-37-19-9-17-33(35)40(34)37/h1-24H/i3D,6D. The molecule has 0 amide bonds. The molecular formula is C40H24O. The lowest BCUT2D eigenvalue weighted by Crippen LogP contribution is -1.98. The summed E-state index contributed by atoms with van der Waals surface area (Å²) in [6, 6.07) is 46.7. The molecule has 0 aliphatic carbocycles. The molecule has 0 atom stereocenters.